The van der Waals surface area contributed by atoms with Crippen molar-refractivity contribution >= 4 is 21.6 Å². The molecule has 9 nitrogen and oxygen atoms in total. The van der Waals surface area contributed by atoms with Gasteiger partial charge >= 0.3 is 0 Å². The van der Waals surface area contributed by atoms with E-state index in [4.69, 9.17) is 18.9 Å². The molecule has 0 unspecified atom stereocenters. The zero-order valence-corrected chi connectivity index (χ0v) is 19.9. The van der Waals surface area contributed by atoms with Gasteiger partial charge in [-0.25, -0.2) is 8.42 Å². The van der Waals surface area contributed by atoms with Crippen LogP contribution in [0, 0.1) is 5.92 Å². The average molecular weight is 489 g/mol. The minimum Gasteiger partial charge on any atom is -0.486 e. The van der Waals surface area contributed by atoms with Crippen LogP contribution in [-0.2, 0) is 14.8 Å². The highest BCUT2D eigenvalue weighted by molar-refractivity contribution is 7.89. The highest BCUT2D eigenvalue weighted by Crippen LogP contribution is 2.47. The van der Waals surface area contributed by atoms with Gasteiger partial charge in [-0.15, -0.1) is 0 Å². The van der Waals surface area contributed by atoms with E-state index in [0.29, 0.717) is 41.9 Å². The Hall–Kier alpha value is -2.98. The molecule has 1 saturated carbocycles. The lowest BCUT2D eigenvalue weighted by Gasteiger charge is -2.23. The minimum atomic E-state index is -3.99. The summed E-state index contributed by atoms with van der Waals surface area (Å²) in [5, 5.41) is 2.81. The van der Waals surface area contributed by atoms with Gasteiger partial charge < -0.3 is 24.3 Å². The number of benzene rings is 2. The molecule has 2 heterocycles. The van der Waals surface area contributed by atoms with E-state index in [0.717, 1.165) is 25.7 Å². The van der Waals surface area contributed by atoms with E-state index in [1.165, 1.54) is 12.1 Å². The highest BCUT2D eigenvalue weighted by atomic mass is 32.2. The van der Waals surface area contributed by atoms with Crippen LogP contribution in [0.2, 0.25) is 0 Å². The molecule has 0 bridgehead atoms. The number of hydrogen-bond acceptors (Lipinski definition) is 7. The molecule has 1 fully saturated rings. The van der Waals surface area contributed by atoms with Crippen molar-refractivity contribution in [3.8, 4) is 23.0 Å². The van der Waals surface area contributed by atoms with E-state index in [9.17, 15) is 13.2 Å². The number of rotatable bonds is 6. The van der Waals surface area contributed by atoms with Crippen molar-refractivity contribution in [3.05, 3.63) is 36.4 Å². The lowest BCUT2D eigenvalue weighted by atomic mass is 10.0. The number of anilines is 1. The zero-order chi connectivity index (χ0) is 23.9. The SMILES string of the molecule is CC(C)[C@H](NS(=O)(=O)c1ccc2c(c1)OCCO2)C(=O)Nc1ccc2c(c1)OC1(CCCC1)O2. The molecule has 2 aliphatic heterocycles. The fourth-order valence-electron chi connectivity index (χ4n) is 4.43. The first-order chi connectivity index (χ1) is 16.2. The maximum Gasteiger partial charge on any atom is 0.251 e. The molecular weight excluding hydrogens is 460 g/mol. The molecular formula is C24H28N2O7S. The first kappa shape index (κ1) is 22.8. The normalized spacial score (nSPS) is 18.8. The van der Waals surface area contributed by atoms with Crippen LogP contribution in [0.15, 0.2) is 41.3 Å². The van der Waals surface area contributed by atoms with Crippen molar-refractivity contribution in [3.63, 3.8) is 0 Å². The highest BCUT2D eigenvalue weighted by Gasteiger charge is 2.44. The Labute approximate surface area is 198 Å². The smallest absolute Gasteiger partial charge is 0.251 e. The molecule has 1 spiro atoms. The molecule has 1 aliphatic carbocycles. The van der Waals surface area contributed by atoms with Crippen LogP contribution in [0.1, 0.15) is 39.5 Å². The van der Waals surface area contributed by atoms with Crippen molar-refractivity contribution in [2.24, 2.45) is 5.92 Å². The Morgan fingerprint density at radius 2 is 1.59 bits per heavy atom. The van der Waals surface area contributed by atoms with Gasteiger partial charge in [0, 0.05) is 30.7 Å². The molecule has 5 rings (SSSR count). The Balaban J connectivity index is 1.30. The van der Waals surface area contributed by atoms with Gasteiger partial charge in [0.1, 0.15) is 19.3 Å². The van der Waals surface area contributed by atoms with Gasteiger partial charge in [0.2, 0.25) is 15.9 Å². The Bertz CT molecular complexity index is 1210. The summed E-state index contributed by atoms with van der Waals surface area (Å²) >= 11 is 0. The Morgan fingerprint density at radius 1 is 0.912 bits per heavy atom. The molecule has 2 aromatic rings. The van der Waals surface area contributed by atoms with Crippen LogP contribution in [0.5, 0.6) is 23.0 Å². The van der Waals surface area contributed by atoms with Crippen LogP contribution in [-0.4, -0.2) is 39.4 Å². The molecule has 182 valence electrons. The quantitative estimate of drug-likeness (QED) is 0.641. The minimum absolute atomic E-state index is 0.000131. The molecule has 3 aliphatic rings. The molecule has 0 radical (unpaired) electrons. The van der Waals surface area contributed by atoms with Crippen LogP contribution < -0.4 is 29.0 Å². The lowest BCUT2D eigenvalue weighted by molar-refractivity contribution is -0.118. The second kappa shape index (κ2) is 8.66. The van der Waals surface area contributed by atoms with Crippen molar-refractivity contribution < 1.29 is 32.2 Å². The number of nitrogens with one attached hydrogen (secondary N) is 2. The summed E-state index contributed by atoms with van der Waals surface area (Å²) in [5.41, 5.74) is 0.506. The predicted molar refractivity (Wildman–Crippen MR) is 124 cm³/mol. The summed E-state index contributed by atoms with van der Waals surface area (Å²) in [5.74, 6) is 0.723. The second-order valence-corrected chi connectivity index (χ2v) is 10.8. The van der Waals surface area contributed by atoms with E-state index < -0.39 is 27.8 Å². The summed E-state index contributed by atoms with van der Waals surface area (Å²) in [4.78, 5) is 13.1. The van der Waals surface area contributed by atoms with Gasteiger partial charge in [-0.05, 0) is 43.0 Å². The monoisotopic (exact) mass is 488 g/mol. The molecule has 34 heavy (non-hydrogen) atoms. The fraction of sp³-hybridized carbons (Fsp3) is 0.458. The van der Waals surface area contributed by atoms with Crippen LogP contribution >= 0.6 is 0 Å². The zero-order valence-electron chi connectivity index (χ0n) is 19.1. The van der Waals surface area contributed by atoms with E-state index in [1.807, 2.05) is 0 Å². The number of hydrogen-bond donors (Lipinski definition) is 2. The third-order valence-electron chi connectivity index (χ3n) is 6.22. The van der Waals surface area contributed by atoms with E-state index in [-0.39, 0.29) is 10.8 Å². The van der Waals surface area contributed by atoms with Crippen LogP contribution in [0.3, 0.4) is 0 Å². The molecule has 1 amide bonds. The van der Waals surface area contributed by atoms with Gasteiger partial charge in [-0.2, -0.15) is 4.72 Å². The summed E-state index contributed by atoms with van der Waals surface area (Å²) in [6.45, 7) is 4.31. The molecule has 2 N–H and O–H groups in total. The number of amides is 1. The Morgan fingerprint density at radius 3 is 2.32 bits per heavy atom. The third kappa shape index (κ3) is 4.39. The fourth-order valence-corrected chi connectivity index (χ4v) is 5.79. The second-order valence-electron chi connectivity index (χ2n) is 9.12. The summed E-state index contributed by atoms with van der Waals surface area (Å²) < 4.78 is 51.7. The number of fused-ring (bicyclic) bond motifs is 2. The largest absolute Gasteiger partial charge is 0.486 e. The third-order valence-corrected chi connectivity index (χ3v) is 7.66. The van der Waals surface area contributed by atoms with Gasteiger partial charge in [0.05, 0.1) is 4.90 Å². The van der Waals surface area contributed by atoms with Gasteiger partial charge in [-0.3, -0.25) is 4.79 Å². The Kier molecular flexibility index (Phi) is 5.81. The maximum absolute atomic E-state index is 13.1. The van der Waals surface area contributed by atoms with Crippen LogP contribution in [0.25, 0.3) is 0 Å². The number of ether oxygens (including phenoxy) is 4. The number of carbonyl (C=O) groups is 1. The topological polar surface area (TPSA) is 112 Å². The van der Waals surface area contributed by atoms with Gasteiger partial charge in [0.25, 0.3) is 5.79 Å². The summed E-state index contributed by atoms with van der Waals surface area (Å²) in [6, 6.07) is 8.60. The molecule has 0 aromatic heterocycles. The molecule has 1 atom stereocenters. The molecule has 2 aromatic carbocycles. The number of carbonyl (C=O) groups excluding carboxylic acids is 1. The van der Waals surface area contributed by atoms with Gasteiger partial charge in [-0.1, -0.05) is 13.8 Å². The maximum atomic E-state index is 13.1. The summed E-state index contributed by atoms with van der Waals surface area (Å²) in [6.07, 6.45) is 3.77. The lowest BCUT2D eigenvalue weighted by Crippen LogP contribution is -2.47. The predicted octanol–water partition coefficient (Wildman–Crippen LogP) is 3.44. The summed E-state index contributed by atoms with van der Waals surface area (Å²) in [7, 11) is -3.99. The van der Waals surface area contributed by atoms with E-state index in [2.05, 4.69) is 10.0 Å². The average Bonchev–Trinajstić information content (AvgIpc) is 3.42. The van der Waals surface area contributed by atoms with Crippen molar-refractivity contribution in [2.75, 3.05) is 18.5 Å². The molecule has 0 saturated heterocycles. The van der Waals surface area contributed by atoms with E-state index in [1.54, 1.807) is 38.1 Å². The van der Waals surface area contributed by atoms with Gasteiger partial charge in [0.15, 0.2) is 23.0 Å². The van der Waals surface area contributed by atoms with Crippen molar-refractivity contribution in [1.29, 1.82) is 0 Å². The first-order valence-electron chi connectivity index (χ1n) is 11.5. The number of sulfonamides is 1. The first-order valence-corrected chi connectivity index (χ1v) is 13.0. The van der Waals surface area contributed by atoms with Crippen LogP contribution in [0.4, 0.5) is 5.69 Å². The van der Waals surface area contributed by atoms with Crippen molar-refractivity contribution in [1.82, 2.24) is 4.72 Å². The van der Waals surface area contributed by atoms with Crippen molar-refractivity contribution in [2.45, 2.75) is 56.3 Å². The molecule has 10 heteroatoms. The van der Waals surface area contributed by atoms with E-state index >= 15 is 0 Å². The standard InChI is InChI=1S/C24H28N2O7S/c1-15(2)22(26-34(28,29)17-6-8-18-20(14-17)31-12-11-30-18)23(27)25-16-5-7-19-21(13-16)33-24(32-19)9-3-4-10-24/h5-8,13-15,22,26H,3-4,9-12H2,1-2H3,(H,25,27)/t22-/m0/s1.